The summed E-state index contributed by atoms with van der Waals surface area (Å²) in [7, 11) is 0. The maximum atomic E-state index is 12.7. The molecule has 0 saturated heterocycles. The van der Waals surface area contributed by atoms with E-state index in [0.29, 0.717) is 12.8 Å². The first-order chi connectivity index (χ1) is 17.9. The van der Waals surface area contributed by atoms with E-state index >= 15 is 0 Å². The lowest BCUT2D eigenvalue weighted by molar-refractivity contribution is -0.133. The molecular formula is C32H65NO4. The minimum atomic E-state index is -1.38. The molecule has 0 fully saturated rings. The highest BCUT2D eigenvalue weighted by molar-refractivity contribution is 5.82. The summed E-state index contributed by atoms with van der Waals surface area (Å²) in [6.45, 7) is 4.49. The smallest absolute Gasteiger partial charge is 0.145 e. The third-order valence-corrected chi connectivity index (χ3v) is 7.84. The summed E-state index contributed by atoms with van der Waals surface area (Å²) in [5.74, 6) is -1.32. The van der Waals surface area contributed by atoms with Gasteiger partial charge in [0.05, 0.1) is 18.1 Å². The highest BCUT2D eigenvalue weighted by Crippen LogP contribution is 2.20. The summed E-state index contributed by atoms with van der Waals surface area (Å²) in [6, 6.07) is 0. The van der Waals surface area contributed by atoms with Gasteiger partial charge in [-0.1, -0.05) is 155 Å². The van der Waals surface area contributed by atoms with Crippen LogP contribution in [0, 0.1) is 5.92 Å². The predicted molar refractivity (Wildman–Crippen MR) is 157 cm³/mol. The minimum Gasteiger partial charge on any atom is -0.393 e. The topological polar surface area (TPSA) is 104 Å². The van der Waals surface area contributed by atoms with Crippen molar-refractivity contribution in [3.63, 3.8) is 0 Å². The van der Waals surface area contributed by atoms with Gasteiger partial charge in [-0.25, -0.2) is 0 Å². The minimum absolute atomic E-state index is 0.0361. The molecule has 5 heteroatoms. The molecule has 0 aliphatic heterocycles. The third kappa shape index (κ3) is 23.1. The van der Waals surface area contributed by atoms with Crippen LogP contribution < -0.4 is 5.73 Å². The summed E-state index contributed by atoms with van der Waals surface area (Å²) >= 11 is 0. The average molecular weight is 528 g/mol. The lowest BCUT2D eigenvalue weighted by Crippen LogP contribution is -2.44. The Hall–Kier alpha value is -0.490. The molecule has 37 heavy (non-hydrogen) atoms. The van der Waals surface area contributed by atoms with Crippen molar-refractivity contribution in [2.45, 2.75) is 193 Å². The fraction of sp³-hybridized carbons (Fsp3) is 0.969. The largest absolute Gasteiger partial charge is 0.393 e. The molecule has 5 N–H and O–H groups in total. The predicted octanol–water partition coefficient (Wildman–Crippen LogP) is 7.96. The Morgan fingerprint density at radius 1 is 0.541 bits per heavy atom. The molecule has 0 aliphatic rings. The van der Waals surface area contributed by atoms with Gasteiger partial charge in [-0.05, 0) is 12.8 Å². The van der Waals surface area contributed by atoms with Crippen LogP contribution in [0.2, 0.25) is 0 Å². The molecule has 2 unspecified atom stereocenters. The second-order valence-corrected chi connectivity index (χ2v) is 11.6. The average Bonchev–Trinajstić information content (AvgIpc) is 2.85. The summed E-state index contributed by atoms with van der Waals surface area (Å²) in [5.41, 5.74) is 5.65. The number of aliphatic hydroxyl groups excluding tert-OH is 3. The van der Waals surface area contributed by atoms with Gasteiger partial charge in [-0.3, -0.25) is 4.79 Å². The van der Waals surface area contributed by atoms with Crippen LogP contribution in [0.25, 0.3) is 0 Å². The SMILES string of the molecule is CCCCCCCCCCCCCCC[C@@H](O)[C@H](C(=O)CC(O)CCCCCCCCCCC)C(N)O. The Bertz CT molecular complexity index is 485. The van der Waals surface area contributed by atoms with Crippen molar-refractivity contribution in [1.82, 2.24) is 0 Å². The van der Waals surface area contributed by atoms with Crippen LogP contribution in [-0.2, 0) is 4.79 Å². The van der Waals surface area contributed by atoms with Gasteiger partial charge in [0.15, 0.2) is 0 Å². The first-order valence-corrected chi connectivity index (χ1v) is 16.3. The number of unbranched alkanes of at least 4 members (excludes halogenated alkanes) is 20. The summed E-state index contributed by atoms with van der Waals surface area (Å²) in [4.78, 5) is 12.7. The van der Waals surface area contributed by atoms with Crippen molar-refractivity contribution in [2.75, 3.05) is 0 Å². The number of nitrogens with two attached hydrogens (primary N) is 1. The molecule has 0 bridgehead atoms. The number of rotatable bonds is 29. The first-order valence-electron chi connectivity index (χ1n) is 16.3. The van der Waals surface area contributed by atoms with E-state index < -0.39 is 24.4 Å². The molecule has 0 rings (SSSR count). The molecule has 0 aromatic carbocycles. The molecule has 5 nitrogen and oxygen atoms in total. The van der Waals surface area contributed by atoms with Gasteiger partial charge in [0.1, 0.15) is 12.0 Å². The van der Waals surface area contributed by atoms with E-state index in [9.17, 15) is 20.1 Å². The van der Waals surface area contributed by atoms with Gasteiger partial charge < -0.3 is 21.1 Å². The van der Waals surface area contributed by atoms with Crippen molar-refractivity contribution < 1.29 is 20.1 Å². The van der Waals surface area contributed by atoms with E-state index in [4.69, 9.17) is 5.73 Å². The molecule has 222 valence electrons. The Balaban J connectivity index is 3.87. The lowest BCUT2D eigenvalue weighted by atomic mass is 9.88. The molecule has 4 atom stereocenters. The zero-order valence-corrected chi connectivity index (χ0v) is 24.8. The third-order valence-electron chi connectivity index (χ3n) is 7.84. The van der Waals surface area contributed by atoms with Crippen molar-refractivity contribution in [1.29, 1.82) is 0 Å². The fourth-order valence-electron chi connectivity index (χ4n) is 5.34. The van der Waals surface area contributed by atoms with Crippen LogP contribution >= 0.6 is 0 Å². The molecule has 0 aromatic rings. The van der Waals surface area contributed by atoms with Crippen LogP contribution in [0.4, 0.5) is 0 Å². The van der Waals surface area contributed by atoms with Gasteiger partial charge in [-0.2, -0.15) is 0 Å². The number of carbonyl (C=O) groups excluding carboxylic acids is 1. The molecule has 0 aromatic heterocycles. The Morgan fingerprint density at radius 3 is 1.22 bits per heavy atom. The van der Waals surface area contributed by atoms with E-state index in [1.807, 2.05) is 0 Å². The Kier molecular flexibility index (Phi) is 26.7. The zero-order valence-electron chi connectivity index (χ0n) is 24.8. The van der Waals surface area contributed by atoms with Crippen molar-refractivity contribution in [2.24, 2.45) is 11.7 Å². The normalized spacial score (nSPS) is 15.0. The number of aliphatic hydroxyl groups is 3. The maximum absolute atomic E-state index is 12.7. The molecular weight excluding hydrogens is 462 g/mol. The number of Topliss-reactive ketones (excluding diaryl/α,β-unsaturated/α-hetero) is 1. The van der Waals surface area contributed by atoms with E-state index in [0.717, 1.165) is 32.1 Å². The molecule has 0 radical (unpaired) electrons. The quantitative estimate of drug-likeness (QED) is 0.0583. The molecule has 0 aliphatic carbocycles. The van der Waals surface area contributed by atoms with E-state index in [1.165, 1.54) is 109 Å². The van der Waals surface area contributed by atoms with Crippen LogP contribution in [0.15, 0.2) is 0 Å². The molecule has 0 amide bonds. The zero-order chi connectivity index (χ0) is 27.6. The van der Waals surface area contributed by atoms with Gasteiger partial charge in [0.2, 0.25) is 0 Å². The van der Waals surface area contributed by atoms with Crippen molar-refractivity contribution in [3.05, 3.63) is 0 Å². The first kappa shape index (κ1) is 36.5. The molecule has 0 heterocycles. The lowest BCUT2D eigenvalue weighted by Gasteiger charge is -2.25. The van der Waals surface area contributed by atoms with Gasteiger partial charge in [0, 0.05) is 6.42 Å². The van der Waals surface area contributed by atoms with Crippen LogP contribution in [0.5, 0.6) is 0 Å². The van der Waals surface area contributed by atoms with E-state index in [1.54, 1.807) is 0 Å². The molecule has 0 spiro atoms. The highest BCUT2D eigenvalue weighted by Gasteiger charge is 2.32. The fourth-order valence-corrected chi connectivity index (χ4v) is 5.34. The van der Waals surface area contributed by atoms with Crippen LogP contribution in [0.3, 0.4) is 0 Å². The number of carbonyl (C=O) groups is 1. The maximum Gasteiger partial charge on any atom is 0.145 e. The van der Waals surface area contributed by atoms with Crippen LogP contribution in [0.1, 0.15) is 174 Å². The number of hydrogen-bond acceptors (Lipinski definition) is 5. The second-order valence-electron chi connectivity index (χ2n) is 11.6. The summed E-state index contributed by atoms with van der Waals surface area (Å²) < 4.78 is 0. The van der Waals surface area contributed by atoms with Gasteiger partial charge in [0.25, 0.3) is 0 Å². The van der Waals surface area contributed by atoms with Crippen molar-refractivity contribution in [3.8, 4) is 0 Å². The number of ketones is 1. The summed E-state index contributed by atoms with van der Waals surface area (Å²) in [6.07, 6.45) is 25.2. The standard InChI is InChI=1S/C32H65NO4/c1-3-5-7-9-11-13-14-15-16-18-20-22-24-26-29(35)31(32(33)37)30(36)27-28(34)25-23-21-19-17-12-10-8-6-4-2/h28-29,31-32,34-35,37H,3-27,33H2,1-2H3/t28?,29-,31-,32?/m1/s1. The highest BCUT2D eigenvalue weighted by atomic mass is 16.3. The van der Waals surface area contributed by atoms with Gasteiger partial charge >= 0.3 is 0 Å². The molecule has 0 saturated carbocycles. The van der Waals surface area contributed by atoms with E-state index in [-0.39, 0.29) is 12.2 Å². The summed E-state index contributed by atoms with van der Waals surface area (Å²) in [5, 5.41) is 30.8. The van der Waals surface area contributed by atoms with E-state index in [2.05, 4.69) is 13.8 Å². The van der Waals surface area contributed by atoms with Crippen LogP contribution in [-0.4, -0.2) is 39.5 Å². The van der Waals surface area contributed by atoms with Crippen molar-refractivity contribution >= 4 is 5.78 Å². The Labute approximate surface area is 230 Å². The van der Waals surface area contributed by atoms with Gasteiger partial charge in [-0.15, -0.1) is 0 Å². The Morgan fingerprint density at radius 2 is 0.865 bits per heavy atom. The number of hydrogen-bond donors (Lipinski definition) is 4. The second kappa shape index (κ2) is 27.1. The monoisotopic (exact) mass is 527 g/mol.